The number of sulfonamides is 2. The molecule has 0 aliphatic rings. The highest BCUT2D eigenvalue weighted by Gasteiger charge is 2.30. The second kappa shape index (κ2) is 16.2. The lowest BCUT2D eigenvalue weighted by Crippen LogP contribution is -2.26. The normalized spacial score (nSPS) is 11.9. The van der Waals surface area contributed by atoms with Crippen LogP contribution in [0.4, 0.5) is 11.4 Å². The number of hydrogen-bond donors (Lipinski definition) is 12. The summed E-state index contributed by atoms with van der Waals surface area (Å²) in [5.41, 5.74) is 2.02. The number of amides is 2. The molecule has 7 aromatic rings. The average Bonchev–Trinajstić information content (AvgIpc) is 3.83. The Balaban J connectivity index is 1.01. The number of aromatic nitrogens is 2. The zero-order valence-electron chi connectivity index (χ0n) is 31.0. The number of carbonyl (C=O) groups is 2. The Morgan fingerprint density at radius 1 is 0.500 bits per heavy atom. The quantitative estimate of drug-likeness (QED) is 0.0677. The predicted molar refractivity (Wildman–Crippen MR) is 220 cm³/mol. The largest absolute Gasteiger partial charge is 0.504 e. The number of para-hydroxylation sites is 2. The van der Waals surface area contributed by atoms with Crippen LogP contribution in [0.1, 0.15) is 31.8 Å². The summed E-state index contributed by atoms with van der Waals surface area (Å²) >= 11 is 0. The first-order valence-corrected chi connectivity index (χ1v) is 20.9. The van der Waals surface area contributed by atoms with Gasteiger partial charge in [-0.05, 0) is 72.5 Å². The van der Waals surface area contributed by atoms with Crippen molar-refractivity contribution in [3.05, 3.63) is 120 Å². The van der Waals surface area contributed by atoms with Gasteiger partial charge in [-0.15, -0.1) is 0 Å². The molecule has 0 atom stereocenters. The van der Waals surface area contributed by atoms with E-state index in [-0.39, 0.29) is 37.3 Å². The molecule has 0 fully saturated rings. The Morgan fingerprint density at radius 2 is 0.867 bits per heavy atom. The van der Waals surface area contributed by atoms with E-state index in [1.165, 1.54) is 24.3 Å². The van der Waals surface area contributed by atoms with Crippen molar-refractivity contribution >= 4 is 65.0 Å². The molecule has 7 rings (SSSR count). The van der Waals surface area contributed by atoms with Gasteiger partial charge in [0.1, 0.15) is 9.79 Å². The molecule has 0 aliphatic carbocycles. The first-order chi connectivity index (χ1) is 28.6. The number of anilines is 2. The van der Waals surface area contributed by atoms with Crippen molar-refractivity contribution < 1.29 is 57.1 Å². The van der Waals surface area contributed by atoms with E-state index in [0.717, 1.165) is 32.9 Å². The monoisotopic (exact) mass is 856 g/mol. The van der Waals surface area contributed by atoms with Gasteiger partial charge in [0.05, 0.1) is 11.1 Å². The number of phenolic OH excluding ortho intramolecular Hbond substituents is 6. The second-order valence-electron chi connectivity index (χ2n) is 13.4. The van der Waals surface area contributed by atoms with Crippen molar-refractivity contribution in [1.29, 1.82) is 0 Å². The van der Waals surface area contributed by atoms with E-state index in [1.54, 1.807) is 12.4 Å². The van der Waals surface area contributed by atoms with E-state index in [1.807, 2.05) is 48.5 Å². The maximum atomic E-state index is 13.2. The number of benzene rings is 5. The molecule has 2 heterocycles. The van der Waals surface area contributed by atoms with Gasteiger partial charge < -0.3 is 51.2 Å². The molecule has 0 spiro atoms. The lowest BCUT2D eigenvalue weighted by atomic mass is 10.1. The highest BCUT2D eigenvalue weighted by molar-refractivity contribution is 7.90. The Bertz CT molecular complexity index is 2830. The Labute approximate surface area is 340 Å². The first-order valence-electron chi connectivity index (χ1n) is 17.9. The second-order valence-corrected chi connectivity index (χ2v) is 16.9. The fraction of sp³-hybridized carbons (Fsp3) is 0.100. The van der Waals surface area contributed by atoms with E-state index >= 15 is 0 Å². The number of carbonyl (C=O) groups excluding carboxylic acids is 2. The summed E-state index contributed by atoms with van der Waals surface area (Å²) in [4.78, 5) is 30.9. The van der Waals surface area contributed by atoms with Gasteiger partial charge in [-0.2, -0.15) is 0 Å². The smallest absolute Gasteiger partial charge is 0.259 e. The molecule has 18 nitrogen and oxygen atoms in total. The standard InChI is InChI=1S/C40H36N6O12S2/c47-33-27(17-31(35(49)37(33)51)59(55,56)43-15-13-21-19-41-29-7-3-1-5-25(21)29)39(53)45-23-9-11-24(12-10-23)46-40(54)28-18-32(36(50)38(52)34(28)48)60(57,58)44-16-14-22-20-42-30-8-4-2-6-26(22)30/h1-12,17-20,41-44,47-52H,13-16H2,(H,45,53)(H,46,54). The van der Waals surface area contributed by atoms with Gasteiger partial charge in [0, 0.05) is 58.7 Å². The van der Waals surface area contributed by atoms with Crippen LogP contribution in [-0.4, -0.2) is 82.3 Å². The molecule has 0 saturated heterocycles. The Kier molecular flexibility index (Phi) is 11.0. The summed E-state index contributed by atoms with van der Waals surface area (Å²) in [6.07, 6.45) is 3.97. The van der Waals surface area contributed by atoms with Crippen LogP contribution >= 0.6 is 0 Å². The SMILES string of the molecule is O=C(Nc1ccc(NC(=O)c2cc(S(=O)(=O)NCCc3c[nH]c4ccccc34)c(O)c(O)c2O)cc1)c1cc(S(=O)(=O)NCCc2c[nH]c3ccccc23)c(O)c(O)c1O. The van der Waals surface area contributed by atoms with Crippen LogP contribution in [-0.2, 0) is 32.9 Å². The molecule has 2 amide bonds. The molecule has 0 radical (unpaired) electrons. The van der Waals surface area contributed by atoms with Gasteiger partial charge in [0.2, 0.25) is 31.5 Å². The fourth-order valence-electron chi connectivity index (χ4n) is 6.51. The van der Waals surface area contributed by atoms with Crippen LogP contribution in [0, 0.1) is 0 Å². The Hall–Kier alpha value is -7.26. The average molecular weight is 857 g/mol. The molecule has 2 aromatic heterocycles. The molecule has 0 saturated carbocycles. The third-order valence-corrected chi connectivity index (χ3v) is 12.6. The summed E-state index contributed by atoms with van der Waals surface area (Å²) < 4.78 is 57.4. The molecule has 0 bridgehead atoms. The van der Waals surface area contributed by atoms with Crippen molar-refractivity contribution in [3.8, 4) is 34.5 Å². The highest BCUT2D eigenvalue weighted by atomic mass is 32.2. The summed E-state index contributed by atoms with van der Waals surface area (Å²) in [6.45, 7) is -0.235. The number of phenols is 6. The zero-order chi connectivity index (χ0) is 42.9. The Morgan fingerprint density at radius 3 is 1.25 bits per heavy atom. The molecule has 0 unspecified atom stereocenters. The maximum absolute atomic E-state index is 13.2. The minimum atomic E-state index is -4.53. The molecule has 310 valence electrons. The molecule has 5 aromatic carbocycles. The van der Waals surface area contributed by atoms with Crippen LogP contribution in [0.2, 0.25) is 0 Å². The van der Waals surface area contributed by atoms with Crippen molar-refractivity contribution in [3.63, 3.8) is 0 Å². The zero-order valence-corrected chi connectivity index (χ0v) is 32.6. The third kappa shape index (κ3) is 8.07. The molecular weight excluding hydrogens is 821 g/mol. The molecule has 12 N–H and O–H groups in total. The van der Waals surface area contributed by atoms with Crippen LogP contribution in [0.3, 0.4) is 0 Å². The van der Waals surface area contributed by atoms with Crippen LogP contribution in [0.25, 0.3) is 21.8 Å². The van der Waals surface area contributed by atoms with Gasteiger partial charge >= 0.3 is 0 Å². The highest BCUT2D eigenvalue weighted by Crippen LogP contribution is 2.44. The maximum Gasteiger partial charge on any atom is 0.259 e. The van der Waals surface area contributed by atoms with E-state index in [2.05, 4.69) is 30.0 Å². The van der Waals surface area contributed by atoms with Gasteiger partial charge in [-0.1, -0.05) is 36.4 Å². The number of H-pyrrole nitrogens is 2. The lowest BCUT2D eigenvalue weighted by Gasteiger charge is -2.14. The number of nitrogens with one attached hydrogen (secondary N) is 6. The first kappa shape index (κ1) is 40.9. The van der Waals surface area contributed by atoms with Crippen molar-refractivity contribution in [2.75, 3.05) is 23.7 Å². The van der Waals surface area contributed by atoms with Gasteiger partial charge in [-0.25, -0.2) is 26.3 Å². The summed E-state index contributed by atoms with van der Waals surface area (Å²) in [5.74, 6) is -9.26. The molecule has 0 aliphatic heterocycles. The topological polar surface area (TPSA) is 304 Å². The lowest BCUT2D eigenvalue weighted by molar-refractivity contribution is 0.101. The van der Waals surface area contributed by atoms with Crippen LogP contribution in [0.5, 0.6) is 34.5 Å². The summed E-state index contributed by atoms with van der Waals surface area (Å²) in [6, 6.07) is 21.3. The summed E-state index contributed by atoms with van der Waals surface area (Å²) in [7, 11) is -9.06. The number of hydrogen-bond acceptors (Lipinski definition) is 12. The van der Waals surface area contributed by atoms with Gasteiger partial charge in [-0.3, -0.25) is 9.59 Å². The van der Waals surface area contributed by atoms with Crippen LogP contribution in [0.15, 0.2) is 107 Å². The van der Waals surface area contributed by atoms with E-state index in [0.29, 0.717) is 12.1 Å². The van der Waals surface area contributed by atoms with Gasteiger partial charge in [0.15, 0.2) is 23.0 Å². The number of aromatic hydroxyl groups is 6. The van der Waals surface area contributed by atoms with E-state index in [9.17, 15) is 57.1 Å². The minimum Gasteiger partial charge on any atom is -0.504 e. The predicted octanol–water partition coefficient (Wildman–Crippen LogP) is 4.43. The number of aromatic amines is 2. The third-order valence-electron chi connectivity index (χ3n) is 9.62. The number of rotatable bonds is 14. The molecule has 20 heteroatoms. The van der Waals surface area contributed by atoms with Gasteiger partial charge in [0.25, 0.3) is 11.8 Å². The molecule has 60 heavy (non-hydrogen) atoms. The number of fused-ring (bicyclic) bond motifs is 2. The fourth-order valence-corrected chi connectivity index (χ4v) is 8.81. The van der Waals surface area contributed by atoms with Crippen molar-refractivity contribution in [1.82, 2.24) is 19.4 Å². The minimum absolute atomic E-state index is 0.0449. The van der Waals surface area contributed by atoms with Crippen LogP contribution < -0.4 is 20.1 Å². The van der Waals surface area contributed by atoms with E-state index < -0.39 is 87.3 Å². The van der Waals surface area contributed by atoms with Crippen molar-refractivity contribution in [2.24, 2.45) is 0 Å². The summed E-state index contributed by atoms with van der Waals surface area (Å²) in [5, 5.41) is 69.2. The van der Waals surface area contributed by atoms with E-state index in [4.69, 9.17) is 0 Å². The van der Waals surface area contributed by atoms with Crippen molar-refractivity contribution in [2.45, 2.75) is 22.6 Å². The molecular formula is C40H36N6O12S2.